The first kappa shape index (κ1) is 19.5. The molecular weight excluding hydrogens is 411 g/mol. The van der Waals surface area contributed by atoms with E-state index in [1.807, 2.05) is 18.4 Å². The van der Waals surface area contributed by atoms with E-state index < -0.39 is 28.3 Å². The number of sulfonamides is 1. The summed E-state index contributed by atoms with van der Waals surface area (Å²) < 4.78 is 41.3. The van der Waals surface area contributed by atoms with Crippen molar-refractivity contribution in [2.45, 2.75) is 9.79 Å². The highest BCUT2D eigenvalue weighted by atomic mass is 32.2. The molecule has 0 radical (unpaired) electrons. The van der Waals surface area contributed by atoms with Crippen molar-refractivity contribution in [2.75, 3.05) is 22.4 Å². The number of hydrogen-bond donors (Lipinski definition) is 1. The molecule has 0 spiro atoms. The summed E-state index contributed by atoms with van der Waals surface area (Å²) in [5.74, 6) is -0.958. The minimum atomic E-state index is -3.97. The molecule has 8 heteroatoms. The van der Waals surface area contributed by atoms with Crippen molar-refractivity contribution in [1.82, 2.24) is 0 Å². The third-order valence-electron chi connectivity index (χ3n) is 4.64. The number of rotatable bonds is 4. The van der Waals surface area contributed by atoms with Gasteiger partial charge in [-0.25, -0.2) is 12.8 Å². The second kappa shape index (κ2) is 7.53. The quantitative estimate of drug-likeness (QED) is 0.627. The van der Waals surface area contributed by atoms with Crippen LogP contribution in [-0.2, 0) is 14.8 Å². The van der Waals surface area contributed by atoms with Gasteiger partial charge in [0.05, 0.1) is 16.3 Å². The molecular formula is C21H17FN2O3S2. The number of nitrogens with one attached hydrogen (secondary N) is 1. The van der Waals surface area contributed by atoms with Gasteiger partial charge in [0.2, 0.25) is 5.91 Å². The molecule has 0 aliphatic carbocycles. The minimum absolute atomic E-state index is 0.0513. The third kappa shape index (κ3) is 3.49. The van der Waals surface area contributed by atoms with Crippen molar-refractivity contribution in [3.05, 3.63) is 72.5 Å². The zero-order valence-electron chi connectivity index (χ0n) is 15.4. The van der Waals surface area contributed by atoms with Crippen LogP contribution in [0.1, 0.15) is 0 Å². The lowest BCUT2D eigenvalue weighted by molar-refractivity contribution is -0.114. The van der Waals surface area contributed by atoms with E-state index in [4.69, 9.17) is 0 Å². The Morgan fingerprint density at radius 1 is 1.03 bits per heavy atom. The van der Waals surface area contributed by atoms with Gasteiger partial charge in [0, 0.05) is 16.0 Å². The fourth-order valence-corrected chi connectivity index (χ4v) is 5.54. The van der Waals surface area contributed by atoms with E-state index in [-0.39, 0.29) is 10.6 Å². The fourth-order valence-electron chi connectivity index (χ4n) is 3.34. The number of para-hydroxylation sites is 1. The monoisotopic (exact) mass is 428 g/mol. The SMILES string of the molecule is CSc1ccccc1NC(=O)CN1c2ccc(F)cc2-c2ccccc2S1(=O)=O. The Hall–Kier alpha value is -2.84. The molecule has 0 aromatic heterocycles. The first-order valence-electron chi connectivity index (χ1n) is 8.76. The van der Waals surface area contributed by atoms with Gasteiger partial charge < -0.3 is 5.32 Å². The van der Waals surface area contributed by atoms with Crippen molar-refractivity contribution in [2.24, 2.45) is 0 Å². The van der Waals surface area contributed by atoms with E-state index >= 15 is 0 Å². The summed E-state index contributed by atoms with van der Waals surface area (Å²) in [6.07, 6.45) is 1.89. The average molecular weight is 429 g/mol. The Bertz CT molecular complexity index is 1210. The number of amides is 1. The fraction of sp³-hybridized carbons (Fsp3) is 0.0952. The van der Waals surface area contributed by atoms with Crippen molar-refractivity contribution in [1.29, 1.82) is 0 Å². The maximum Gasteiger partial charge on any atom is 0.265 e. The maximum atomic E-state index is 13.9. The molecule has 1 N–H and O–H groups in total. The van der Waals surface area contributed by atoms with Crippen LogP contribution in [0, 0.1) is 5.82 Å². The van der Waals surface area contributed by atoms with Crippen molar-refractivity contribution >= 4 is 39.1 Å². The number of hydrogen-bond acceptors (Lipinski definition) is 4. The van der Waals surface area contributed by atoms with E-state index in [9.17, 15) is 17.6 Å². The lowest BCUT2D eigenvalue weighted by Gasteiger charge is -2.31. The molecule has 0 atom stereocenters. The molecule has 0 saturated heterocycles. The third-order valence-corrected chi connectivity index (χ3v) is 7.25. The number of nitrogens with zero attached hydrogens (tertiary/aromatic N) is 1. The smallest absolute Gasteiger partial charge is 0.265 e. The Labute approximate surface area is 172 Å². The highest BCUT2D eigenvalue weighted by Crippen LogP contribution is 2.43. The molecule has 1 aliphatic rings. The van der Waals surface area contributed by atoms with Crippen molar-refractivity contribution in [3.8, 4) is 11.1 Å². The Morgan fingerprint density at radius 3 is 2.55 bits per heavy atom. The molecule has 1 heterocycles. The van der Waals surface area contributed by atoms with Crippen LogP contribution < -0.4 is 9.62 Å². The molecule has 4 rings (SSSR count). The van der Waals surface area contributed by atoms with Crippen LogP contribution in [-0.4, -0.2) is 27.1 Å². The number of carbonyl (C=O) groups is 1. The number of thioether (sulfide) groups is 1. The highest BCUT2D eigenvalue weighted by Gasteiger charge is 2.36. The maximum absolute atomic E-state index is 13.9. The number of anilines is 2. The lowest BCUT2D eigenvalue weighted by Crippen LogP contribution is -2.40. The highest BCUT2D eigenvalue weighted by molar-refractivity contribution is 7.98. The van der Waals surface area contributed by atoms with Crippen molar-refractivity contribution in [3.63, 3.8) is 0 Å². The van der Waals surface area contributed by atoms with Gasteiger partial charge in [-0.15, -0.1) is 11.8 Å². The van der Waals surface area contributed by atoms with Gasteiger partial charge in [-0.1, -0.05) is 30.3 Å². The van der Waals surface area contributed by atoms with Gasteiger partial charge in [-0.2, -0.15) is 0 Å². The van der Waals surface area contributed by atoms with Gasteiger partial charge in [-0.3, -0.25) is 9.10 Å². The first-order chi connectivity index (χ1) is 13.9. The molecule has 148 valence electrons. The second-order valence-corrected chi connectivity index (χ2v) is 9.10. The zero-order chi connectivity index (χ0) is 20.6. The summed E-state index contributed by atoms with van der Waals surface area (Å²) in [4.78, 5) is 13.6. The normalized spacial score (nSPS) is 14.1. The van der Waals surface area contributed by atoms with Crippen LogP contribution in [0.5, 0.6) is 0 Å². The summed E-state index contributed by atoms with van der Waals surface area (Å²) in [5.41, 5.74) is 1.75. The largest absolute Gasteiger partial charge is 0.323 e. The molecule has 1 aliphatic heterocycles. The van der Waals surface area contributed by atoms with E-state index in [2.05, 4.69) is 5.32 Å². The molecule has 29 heavy (non-hydrogen) atoms. The van der Waals surface area contributed by atoms with Gasteiger partial charge >= 0.3 is 0 Å². The van der Waals surface area contributed by atoms with E-state index in [1.165, 1.54) is 36.0 Å². The summed E-state index contributed by atoms with van der Waals surface area (Å²) in [7, 11) is -3.97. The molecule has 1 amide bonds. The molecule has 3 aromatic carbocycles. The number of fused-ring (bicyclic) bond motifs is 3. The summed E-state index contributed by atoms with van der Waals surface area (Å²) in [6.45, 7) is -0.419. The van der Waals surface area contributed by atoms with Gasteiger partial charge in [0.15, 0.2) is 0 Å². The molecule has 3 aromatic rings. The van der Waals surface area contributed by atoms with Crippen LogP contribution >= 0.6 is 11.8 Å². The summed E-state index contributed by atoms with van der Waals surface area (Å²) >= 11 is 1.48. The molecule has 0 bridgehead atoms. The van der Waals surface area contributed by atoms with E-state index in [1.54, 1.807) is 30.3 Å². The minimum Gasteiger partial charge on any atom is -0.323 e. The Kier molecular flexibility index (Phi) is 5.06. The predicted molar refractivity (Wildman–Crippen MR) is 113 cm³/mol. The zero-order valence-corrected chi connectivity index (χ0v) is 17.1. The van der Waals surface area contributed by atoms with Crippen LogP contribution in [0.25, 0.3) is 11.1 Å². The first-order valence-corrected chi connectivity index (χ1v) is 11.4. The van der Waals surface area contributed by atoms with E-state index in [0.29, 0.717) is 16.8 Å². The van der Waals surface area contributed by atoms with Crippen LogP contribution in [0.4, 0.5) is 15.8 Å². The molecule has 0 saturated carbocycles. The summed E-state index contributed by atoms with van der Waals surface area (Å²) in [5, 5.41) is 2.77. The van der Waals surface area contributed by atoms with Crippen molar-refractivity contribution < 1.29 is 17.6 Å². The van der Waals surface area contributed by atoms with Crippen LogP contribution in [0.3, 0.4) is 0 Å². The topological polar surface area (TPSA) is 66.5 Å². The van der Waals surface area contributed by atoms with Crippen LogP contribution in [0.15, 0.2) is 76.5 Å². The van der Waals surface area contributed by atoms with Gasteiger partial charge in [0.1, 0.15) is 12.4 Å². The van der Waals surface area contributed by atoms with E-state index in [0.717, 1.165) is 9.20 Å². The Morgan fingerprint density at radius 2 is 1.76 bits per heavy atom. The summed E-state index contributed by atoms with van der Waals surface area (Å²) in [6, 6.07) is 17.6. The lowest BCUT2D eigenvalue weighted by atomic mass is 10.0. The van der Waals surface area contributed by atoms with Crippen LogP contribution in [0.2, 0.25) is 0 Å². The standard InChI is InChI=1S/C21H17FN2O3S2/c1-28-19-8-4-3-7-17(19)23-21(25)13-24-18-11-10-14(22)12-16(18)15-6-2-5-9-20(15)29(24,26)27/h2-12H,13H2,1H3,(H,23,25). The molecule has 0 fully saturated rings. The number of carbonyl (C=O) groups excluding carboxylic acids is 1. The molecule has 0 unspecified atom stereocenters. The second-order valence-electron chi connectivity index (χ2n) is 6.42. The van der Waals surface area contributed by atoms with Gasteiger partial charge in [-0.05, 0) is 42.7 Å². The average Bonchev–Trinajstić information content (AvgIpc) is 2.72. The Balaban J connectivity index is 1.73. The van der Waals surface area contributed by atoms with Gasteiger partial charge in [0.25, 0.3) is 10.0 Å². The molecule has 5 nitrogen and oxygen atoms in total. The predicted octanol–water partition coefficient (Wildman–Crippen LogP) is 4.36. The number of benzene rings is 3. The number of halogens is 1.